The Morgan fingerprint density at radius 2 is 0.440 bits per heavy atom. The summed E-state index contributed by atoms with van der Waals surface area (Å²) in [5.41, 5.74) is 11.0. The lowest BCUT2D eigenvalue weighted by Gasteiger charge is -2.07. The van der Waals surface area contributed by atoms with Gasteiger partial charge in [-0.2, -0.15) is 0 Å². The molecule has 0 amide bonds. The van der Waals surface area contributed by atoms with Gasteiger partial charge >= 0.3 is 0 Å². The van der Waals surface area contributed by atoms with Crippen LogP contribution in [0.15, 0.2) is 152 Å². The molecule has 0 aliphatic rings. The van der Waals surface area contributed by atoms with Gasteiger partial charge in [0.05, 0.1) is 31.3 Å². The molecule has 3 aromatic heterocycles. The molecule has 0 saturated carbocycles. The summed E-state index contributed by atoms with van der Waals surface area (Å²) < 4.78 is 28.8. The molecule has 10 aromatic rings. The van der Waals surface area contributed by atoms with Crippen LogP contribution in [0.25, 0.3) is 103 Å². The van der Waals surface area contributed by atoms with Crippen LogP contribution in [0.3, 0.4) is 0 Å². The number of hydrogen-bond donors (Lipinski definition) is 0. The molecule has 7 aromatic carbocycles. The molecule has 10 rings (SSSR count). The molecule has 0 bridgehead atoms. The predicted molar refractivity (Wildman–Crippen MR) is 483 cm³/mol. The summed E-state index contributed by atoms with van der Waals surface area (Å²) in [6, 6.07) is 54.3. The van der Waals surface area contributed by atoms with Crippen LogP contribution in [0.4, 0.5) is 0 Å². The highest BCUT2D eigenvalue weighted by Crippen LogP contribution is 2.47. The Hall–Kier alpha value is -8.27. The van der Waals surface area contributed by atoms with Gasteiger partial charge in [0, 0.05) is 40.0 Å². The fourth-order valence-corrected chi connectivity index (χ4v) is 17.6. The normalized spacial score (nSPS) is 12.1. The smallest absolute Gasteiger partial charge is 0.160 e. The van der Waals surface area contributed by atoms with E-state index in [1.165, 1.54) is 200 Å². The topological polar surface area (TPSA) is 54.0 Å². The first-order valence-corrected chi connectivity index (χ1v) is 44.4. The quantitative estimate of drug-likeness (QED) is 0.0216. The van der Waals surface area contributed by atoms with E-state index in [1.54, 1.807) is 22.7 Å². The Kier molecular flexibility index (Phi) is 36.9. The number of hydrogen-bond acceptors (Lipinski definition) is 8. The first kappa shape index (κ1) is 83.2. The maximum Gasteiger partial charge on any atom is 0.160 e. The minimum Gasteiger partial charge on any atom is -0.494 e. The van der Waals surface area contributed by atoms with E-state index >= 15 is 0 Å². The second kappa shape index (κ2) is 48.4. The zero-order valence-corrected chi connectivity index (χ0v) is 68.6. The van der Waals surface area contributed by atoms with Crippen molar-refractivity contribution in [3.63, 3.8) is 0 Å². The summed E-state index contributed by atoms with van der Waals surface area (Å²) in [5.74, 6) is 3.65. The van der Waals surface area contributed by atoms with Crippen molar-refractivity contribution >= 4 is 143 Å². The third-order valence-corrected chi connectivity index (χ3v) is 23.7. The number of unbranched alkanes of at least 4 members (excludes halogenated alkanes) is 28. The second-order valence-corrected chi connectivity index (χ2v) is 33.0. The summed E-state index contributed by atoms with van der Waals surface area (Å²) in [5, 5.41) is 3.53. The number of fused-ring (bicyclic) bond motifs is 6. The molecular weight excluding hydrogens is 1390 g/mol. The molecular formula is C101H122O5S3. The fraction of sp³-hybridized carbons (Fsp3) is 0.396. The Labute approximate surface area is 667 Å². The lowest BCUT2D eigenvalue weighted by Crippen LogP contribution is -1.97. The molecule has 109 heavy (non-hydrogen) atoms. The van der Waals surface area contributed by atoms with Crippen molar-refractivity contribution in [1.82, 2.24) is 0 Å². The van der Waals surface area contributed by atoms with Crippen LogP contribution in [-0.2, 0) is 0 Å². The molecule has 0 saturated heterocycles. The van der Waals surface area contributed by atoms with Crippen molar-refractivity contribution in [2.75, 3.05) is 26.4 Å². The summed E-state index contributed by atoms with van der Waals surface area (Å²) in [4.78, 5) is 15.6. The van der Waals surface area contributed by atoms with Gasteiger partial charge in [-0.05, 0) is 197 Å². The average molecular weight is 1510 g/mol. The molecule has 0 N–H and O–H groups in total. The number of carbonyl (C=O) groups excluding carboxylic acids is 1. The molecule has 0 aliphatic heterocycles. The molecule has 5 nitrogen and oxygen atoms in total. The van der Waals surface area contributed by atoms with E-state index in [1.807, 2.05) is 11.3 Å². The second-order valence-electron chi connectivity index (χ2n) is 29.7. The van der Waals surface area contributed by atoms with Crippen LogP contribution in [0.1, 0.15) is 308 Å². The lowest BCUT2D eigenvalue weighted by atomic mass is 10.0. The van der Waals surface area contributed by atoms with Crippen molar-refractivity contribution in [2.45, 2.75) is 233 Å². The standard InChI is InChI=1S/C101H122O5S3/c1-5-9-13-17-21-25-29-33-61-103-89-45-37-41-79(71-89)49-53-83-65-84(54-50-80-42-38-46-90(72-80)104-62-34-30-26-22-18-14-10-6-2)68-87(67-83)57-59-93-75-96-99-97(101-98(100(96)108-93)77-95(78-102)109-101)76-94(107-99)60-58-88-69-85(55-51-81-43-39-47-91(73-81)105-63-35-31-27-23-19-15-11-7-3)66-86(70-88)56-52-82-44-40-48-92(74-82)106-64-36-32-28-24-20-16-12-8-4/h37-60,65-78H,5-36,61-64H2,1-4H3/b53-49+,54-50+,55-51+,56-52+,59-57+,60-58+. The Bertz CT molecular complexity index is 4060. The third-order valence-electron chi connectivity index (χ3n) is 20.4. The maximum atomic E-state index is 12.6. The van der Waals surface area contributed by atoms with Crippen LogP contribution >= 0.6 is 34.0 Å². The van der Waals surface area contributed by atoms with Crippen LogP contribution in [0.5, 0.6) is 23.0 Å². The molecule has 0 atom stereocenters. The van der Waals surface area contributed by atoms with Gasteiger partial charge < -0.3 is 18.9 Å². The van der Waals surface area contributed by atoms with Gasteiger partial charge in [0.15, 0.2) is 6.29 Å². The van der Waals surface area contributed by atoms with E-state index in [4.69, 9.17) is 18.9 Å². The van der Waals surface area contributed by atoms with Crippen molar-refractivity contribution in [3.05, 3.63) is 222 Å². The SMILES string of the molecule is CCCCCCCCCCOc1cccc(/C=C/c2cc(/C=C/c3cccc(OCCCCCCCCCC)c3)cc(/C=C/c3cc4c(s3)c3cc(C=O)sc3c3cc(/C=C/c5cc(/C=C/c6cccc(OCCCCCCCCCC)c6)cc(/C=C/c6cccc(OCCCCCCCCCC)c6)c5)sc34)c2)c1. The van der Waals surface area contributed by atoms with E-state index in [9.17, 15) is 4.79 Å². The van der Waals surface area contributed by atoms with E-state index in [0.717, 1.165) is 162 Å². The monoisotopic (exact) mass is 1510 g/mol. The van der Waals surface area contributed by atoms with E-state index in [-0.39, 0.29) is 0 Å². The minimum atomic E-state index is 0.737. The average Bonchev–Trinajstić information content (AvgIpc) is 1.58. The van der Waals surface area contributed by atoms with Crippen molar-refractivity contribution in [1.29, 1.82) is 0 Å². The Balaban J connectivity index is 0.891. The van der Waals surface area contributed by atoms with E-state index in [2.05, 4.69) is 252 Å². The van der Waals surface area contributed by atoms with E-state index < -0.39 is 0 Å². The summed E-state index contributed by atoms with van der Waals surface area (Å²) >= 11 is 5.21. The number of carbonyl (C=O) groups is 1. The highest BCUT2D eigenvalue weighted by atomic mass is 32.1. The lowest BCUT2D eigenvalue weighted by molar-refractivity contribution is 0.112. The number of ether oxygens (including phenoxy) is 4. The molecule has 574 valence electrons. The number of rotatable bonds is 53. The molecule has 8 heteroatoms. The number of thiophene rings is 3. The van der Waals surface area contributed by atoms with Gasteiger partial charge in [0.1, 0.15) is 23.0 Å². The molecule has 0 spiro atoms. The highest BCUT2D eigenvalue weighted by Gasteiger charge is 2.18. The first-order valence-electron chi connectivity index (χ1n) is 42.0. The summed E-state index contributed by atoms with van der Waals surface area (Å²) in [6.07, 6.45) is 68.6. The summed E-state index contributed by atoms with van der Waals surface area (Å²) in [7, 11) is 0. The van der Waals surface area contributed by atoms with Gasteiger partial charge in [-0.15, -0.1) is 34.0 Å². The number of benzene rings is 7. The molecule has 3 heterocycles. The van der Waals surface area contributed by atoms with Crippen molar-refractivity contribution in [2.24, 2.45) is 0 Å². The molecule has 0 radical (unpaired) electrons. The van der Waals surface area contributed by atoms with Gasteiger partial charge in [0.25, 0.3) is 0 Å². The molecule has 0 aliphatic carbocycles. The maximum absolute atomic E-state index is 12.6. The van der Waals surface area contributed by atoms with Gasteiger partial charge in [-0.25, -0.2) is 0 Å². The van der Waals surface area contributed by atoms with Crippen LogP contribution in [0, 0.1) is 0 Å². The van der Waals surface area contributed by atoms with Gasteiger partial charge in [-0.1, -0.05) is 317 Å². The summed E-state index contributed by atoms with van der Waals surface area (Å²) in [6.45, 7) is 12.1. The van der Waals surface area contributed by atoms with Crippen LogP contribution < -0.4 is 18.9 Å². The molecule has 0 unspecified atom stereocenters. The predicted octanol–water partition coefficient (Wildman–Crippen LogP) is 32.2. The Morgan fingerprint density at radius 3 is 0.688 bits per heavy atom. The van der Waals surface area contributed by atoms with Crippen molar-refractivity contribution < 1.29 is 23.7 Å². The minimum absolute atomic E-state index is 0.737. The van der Waals surface area contributed by atoms with Crippen molar-refractivity contribution in [3.8, 4) is 23.0 Å². The van der Waals surface area contributed by atoms with E-state index in [0.29, 0.717) is 0 Å². The van der Waals surface area contributed by atoms with Crippen LogP contribution in [0.2, 0.25) is 0 Å². The third kappa shape index (κ3) is 29.5. The fourth-order valence-electron chi connectivity index (χ4n) is 14.2. The zero-order chi connectivity index (χ0) is 75.6. The Morgan fingerprint density at radius 1 is 0.229 bits per heavy atom. The molecule has 0 fully saturated rings. The zero-order valence-electron chi connectivity index (χ0n) is 66.2. The first-order chi connectivity index (χ1) is 53.8. The largest absolute Gasteiger partial charge is 0.494 e. The van der Waals surface area contributed by atoms with Crippen LogP contribution in [-0.4, -0.2) is 32.7 Å². The number of aldehydes is 1. The van der Waals surface area contributed by atoms with Gasteiger partial charge in [-0.3, -0.25) is 4.79 Å². The van der Waals surface area contributed by atoms with Gasteiger partial charge in [0.2, 0.25) is 0 Å². The highest BCUT2D eigenvalue weighted by molar-refractivity contribution is 7.27.